The summed E-state index contributed by atoms with van der Waals surface area (Å²) in [7, 11) is 1.59. The van der Waals surface area contributed by atoms with Crippen molar-refractivity contribution in [3.8, 4) is 34.4 Å². The van der Waals surface area contributed by atoms with E-state index in [0.29, 0.717) is 40.1 Å². The van der Waals surface area contributed by atoms with Crippen molar-refractivity contribution >= 4 is 22.1 Å². The Morgan fingerprint density at radius 2 is 1.94 bits per heavy atom. The number of rotatable bonds is 2. The molecule has 0 atom stereocenters. The van der Waals surface area contributed by atoms with Gasteiger partial charge in [-0.25, -0.2) is 9.31 Å². The minimum atomic E-state index is -0.591. The first-order chi connectivity index (χ1) is 16.1. The number of nitrogen functional groups attached to an aromatic ring is 1. The number of nitrogens with two attached hydrogens (primary N) is 1. The van der Waals surface area contributed by atoms with E-state index in [2.05, 4.69) is 11.2 Å². The summed E-state index contributed by atoms with van der Waals surface area (Å²) in [6.45, 7) is 0. The molecule has 6 rings (SSSR count). The summed E-state index contributed by atoms with van der Waals surface area (Å²) in [5.74, 6) is 1.30. The van der Waals surface area contributed by atoms with Crippen LogP contribution in [0.5, 0.6) is 5.75 Å². The van der Waals surface area contributed by atoms with Gasteiger partial charge in [0.1, 0.15) is 28.8 Å². The van der Waals surface area contributed by atoms with E-state index < -0.39 is 5.63 Å². The molecule has 0 unspecified atom stereocenters. The second-order valence-corrected chi connectivity index (χ2v) is 8.03. The average molecular weight is 434 g/mol. The molecule has 0 saturated carbocycles. The van der Waals surface area contributed by atoms with Crippen molar-refractivity contribution in [3.63, 3.8) is 0 Å². The molecule has 5 aromatic rings. The number of pyridine rings is 1. The molecule has 0 aliphatic heterocycles. The SMILES string of the molecule is COc1ccc2c(c1)-c1oc(=O)c3c(N)n4nc(-c5ccccc5)cc4c(C#N)c3c1CC2. The molecular weight excluding hydrogens is 416 g/mol. The number of fused-ring (bicyclic) bond motifs is 6. The van der Waals surface area contributed by atoms with Crippen molar-refractivity contribution in [2.24, 2.45) is 0 Å². The quantitative estimate of drug-likeness (QED) is 0.443. The minimum Gasteiger partial charge on any atom is -0.497 e. The highest BCUT2D eigenvalue weighted by atomic mass is 16.5. The van der Waals surface area contributed by atoms with E-state index in [4.69, 9.17) is 14.9 Å². The Morgan fingerprint density at radius 3 is 2.70 bits per heavy atom. The first-order valence-electron chi connectivity index (χ1n) is 10.5. The molecule has 0 amide bonds. The van der Waals surface area contributed by atoms with Crippen LogP contribution in [0.4, 0.5) is 5.82 Å². The Morgan fingerprint density at radius 1 is 1.12 bits per heavy atom. The van der Waals surface area contributed by atoms with Gasteiger partial charge in [-0.05, 0) is 36.6 Å². The monoisotopic (exact) mass is 434 g/mol. The van der Waals surface area contributed by atoms with Crippen LogP contribution < -0.4 is 16.1 Å². The van der Waals surface area contributed by atoms with Crippen LogP contribution in [-0.4, -0.2) is 16.7 Å². The number of methoxy groups -OCH3 is 1. The number of nitrogens with zero attached hydrogens (tertiary/aromatic N) is 3. The summed E-state index contributed by atoms with van der Waals surface area (Å²) in [5, 5.41) is 15.5. The third kappa shape index (κ3) is 2.68. The number of aryl methyl sites for hydroxylation is 2. The fourth-order valence-corrected chi connectivity index (χ4v) is 4.75. The minimum absolute atomic E-state index is 0.161. The largest absolute Gasteiger partial charge is 0.497 e. The predicted molar refractivity (Wildman–Crippen MR) is 125 cm³/mol. The van der Waals surface area contributed by atoms with Crippen LogP contribution in [0.2, 0.25) is 0 Å². The molecule has 33 heavy (non-hydrogen) atoms. The average Bonchev–Trinajstić information content (AvgIpc) is 3.30. The van der Waals surface area contributed by atoms with Gasteiger partial charge in [0.05, 0.1) is 23.9 Å². The highest BCUT2D eigenvalue weighted by Gasteiger charge is 2.28. The van der Waals surface area contributed by atoms with E-state index in [9.17, 15) is 10.1 Å². The van der Waals surface area contributed by atoms with E-state index >= 15 is 0 Å². The van der Waals surface area contributed by atoms with Gasteiger partial charge < -0.3 is 14.9 Å². The van der Waals surface area contributed by atoms with Crippen LogP contribution in [0.15, 0.2) is 63.8 Å². The van der Waals surface area contributed by atoms with Crippen LogP contribution in [0.1, 0.15) is 16.7 Å². The van der Waals surface area contributed by atoms with Gasteiger partial charge in [0.25, 0.3) is 0 Å². The lowest BCUT2D eigenvalue weighted by Crippen LogP contribution is -2.15. The molecule has 0 radical (unpaired) electrons. The van der Waals surface area contributed by atoms with Gasteiger partial charge in [0.2, 0.25) is 0 Å². The third-order valence-electron chi connectivity index (χ3n) is 6.31. The Labute approximate surface area is 188 Å². The predicted octanol–water partition coefficient (Wildman–Crippen LogP) is 4.34. The van der Waals surface area contributed by atoms with Crippen molar-refractivity contribution in [2.45, 2.75) is 12.8 Å². The van der Waals surface area contributed by atoms with Crippen LogP contribution in [0, 0.1) is 11.3 Å². The maximum Gasteiger partial charge on any atom is 0.348 e. The molecule has 7 heteroatoms. The summed E-state index contributed by atoms with van der Waals surface area (Å²) in [6.07, 6.45) is 1.37. The molecule has 7 nitrogen and oxygen atoms in total. The Balaban J connectivity index is 1.74. The molecule has 3 heterocycles. The lowest BCUT2D eigenvalue weighted by molar-refractivity contribution is 0.414. The normalized spacial score (nSPS) is 12.4. The standard InChI is InChI=1S/C26H18N4O3/c1-32-16-9-7-14-8-10-17-22-19(13-27)21-12-20(15-5-3-2-4-6-15)29-30(21)25(28)23(22)26(31)33-24(17)18(14)11-16/h2-7,9,11-12H,8,10,28H2,1H3. The van der Waals surface area contributed by atoms with Crippen LogP contribution in [-0.2, 0) is 12.8 Å². The highest BCUT2D eigenvalue weighted by molar-refractivity contribution is 6.03. The number of nitriles is 1. The van der Waals surface area contributed by atoms with Gasteiger partial charge in [0.15, 0.2) is 0 Å². The number of benzene rings is 2. The van der Waals surface area contributed by atoms with E-state index in [-0.39, 0.29) is 11.2 Å². The summed E-state index contributed by atoms with van der Waals surface area (Å²) in [5.41, 5.74) is 11.0. The lowest BCUT2D eigenvalue weighted by atomic mass is 9.86. The maximum atomic E-state index is 13.2. The van der Waals surface area contributed by atoms with Gasteiger partial charge in [-0.3, -0.25) is 0 Å². The van der Waals surface area contributed by atoms with Crippen molar-refractivity contribution in [2.75, 3.05) is 12.8 Å². The first-order valence-corrected chi connectivity index (χ1v) is 10.5. The second-order valence-electron chi connectivity index (χ2n) is 8.03. The number of hydrogen-bond donors (Lipinski definition) is 1. The van der Waals surface area contributed by atoms with Crippen molar-refractivity contribution in [1.29, 1.82) is 5.26 Å². The van der Waals surface area contributed by atoms with Gasteiger partial charge in [0, 0.05) is 22.1 Å². The summed E-state index contributed by atoms with van der Waals surface area (Å²) in [4.78, 5) is 13.2. The molecule has 2 N–H and O–H groups in total. The second kappa shape index (κ2) is 6.97. The van der Waals surface area contributed by atoms with Gasteiger partial charge in [-0.1, -0.05) is 36.4 Å². The van der Waals surface area contributed by atoms with E-state index in [1.165, 1.54) is 4.52 Å². The number of ether oxygens (including phenoxy) is 1. The molecule has 0 bridgehead atoms. The maximum absolute atomic E-state index is 13.2. The van der Waals surface area contributed by atoms with Crippen molar-refractivity contribution < 1.29 is 9.15 Å². The highest BCUT2D eigenvalue weighted by Crippen LogP contribution is 2.41. The summed E-state index contributed by atoms with van der Waals surface area (Å²) in [6, 6.07) is 19.5. The molecular formula is C26H18N4O3. The third-order valence-corrected chi connectivity index (χ3v) is 6.31. The number of anilines is 1. The molecule has 0 fully saturated rings. The van der Waals surface area contributed by atoms with E-state index in [1.54, 1.807) is 7.11 Å². The molecule has 1 aliphatic carbocycles. The first kappa shape index (κ1) is 19.1. The van der Waals surface area contributed by atoms with Gasteiger partial charge in [-0.2, -0.15) is 10.4 Å². The Hall–Kier alpha value is -4.57. The molecule has 3 aromatic heterocycles. The number of hydrogen-bond acceptors (Lipinski definition) is 6. The van der Waals surface area contributed by atoms with Gasteiger partial charge in [-0.15, -0.1) is 0 Å². The zero-order valence-electron chi connectivity index (χ0n) is 17.8. The summed E-state index contributed by atoms with van der Waals surface area (Å²) < 4.78 is 12.7. The Bertz CT molecular complexity index is 1690. The zero-order valence-corrected chi connectivity index (χ0v) is 17.8. The molecule has 2 aromatic carbocycles. The molecule has 160 valence electrons. The molecule has 0 spiro atoms. The fourth-order valence-electron chi connectivity index (χ4n) is 4.75. The fraction of sp³-hybridized carbons (Fsp3) is 0.115. The number of aromatic nitrogens is 2. The molecule has 0 saturated heterocycles. The topological polar surface area (TPSA) is 107 Å². The summed E-state index contributed by atoms with van der Waals surface area (Å²) >= 11 is 0. The molecule has 1 aliphatic rings. The van der Waals surface area contributed by atoms with Crippen LogP contribution in [0.25, 0.3) is 38.9 Å². The zero-order chi connectivity index (χ0) is 22.7. The van der Waals surface area contributed by atoms with Crippen molar-refractivity contribution in [3.05, 3.63) is 81.7 Å². The van der Waals surface area contributed by atoms with Gasteiger partial charge >= 0.3 is 5.63 Å². The Kier molecular flexibility index (Phi) is 4.04. The van der Waals surface area contributed by atoms with E-state index in [1.807, 2.05) is 54.6 Å². The van der Waals surface area contributed by atoms with Crippen molar-refractivity contribution in [1.82, 2.24) is 9.61 Å². The van der Waals surface area contributed by atoms with Crippen LogP contribution in [0.3, 0.4) is 0 Å². The van der Waals surface area contributed by atoms with E-state index in [0.717, 1.165) is 28.7 Å². The van der Waals surface area contributed by atoms with Crippen LogP contribution >= 0.6 is 0 Å². The smallest absolute Gasteiger partial charge is 0.348 e. The lowest BCUT2D eigenvalue weighted by Gasteiger charge is -2.21.